The van der Waals surface area contributed by atoms with Crippen LogP contribution in [0.25, 0.3) is 17.3 Å². The molecule has 0 unspecified atom stereocenters. The van der Waals surface area contributed by atoms with Crippen LogP contribution in [0.2, 0.25) is 5.02 Å². The van der Waals surface area contributed by atoms with Crippen LogP contribution in [0.5, 0.6) is 0 Å². The predicted octanol–water partition coefficient (Wildman–Crippen LogP) is 3.27. The third kappa shape index (κ3) is 2.13. The van der Waals surface area contributed by atoms with E-state index in [2.05, 4.69) is 10.2 Å². The normalized spacial score (nSPS) is 10.5. The Balaban J connectivity index is 2.41. The van der Waals surface area contributed by atoms with E-state index in [1.165, 1.54) is 6.08 Å². The highest BCUT2D eigenvalue weighted by atomic mass is 35.5. The number of aromatic amines is 1. The zero-order valence-electron chi connectivity index (χ0n) is 8.31. The molecule has 0 saturated carbocycles. The number of nitrogens with zero attached hydrogens (tertiary/aromatic N) is 2. The van der Waals surface area contributed by atoms with Crippen LogP contribution in [0.4, 0.5) is 0 Å². The summed E-state index contributed by atoms with van der Waals surface area (Å²) in [6.45, 7) is 0. The first-order chi connectivity index (χ1) is 7.81. The first-order valence-corrected chi connectivity index (χ1v) is 5.04. The molecule has 0 bridgehead atoms. The molecule has 0 aliphatic carbocycles. The van der Waals surface area contributed by atoms with Gasteiger partial charge in [-0.25, -0.2) is 0 Å². The van der Waals surface area contributed by atoms with Gasteiger partial charge in [0.25, 0.3) is 0 Å². The number of aromatic nitrogens is 2. The van der Waals surface area contributed by atoms with Crippen molar-refractivity contribution in [1.29, 1.82) is 5.26 Å². The molecule has 1 aromatic carbocycles. The van der Waals surface area contributed by atoms with Crippen molar-refractivity contribution in [3.63, 3.8) is 0 Å². The van der Waals surface area contributed by atoms with E-state index in [0.717, 1.165) is 16.8 Å². The van der Waals surface area contributed by atoms with Crippen LogP contribution in [-0.4, -0.2) is 10.2 Å². The molecule has 0 fully saturated rings. The van der Waals surface area contributed by atoms with Gasteiger partial charge in [-0.1, -0.05) is 23.7 Å². The Labute approximate surface area is 98.0 Å². The largest absolute Gasteiger partial charge is 0.277 e. The molecule has 0 aliphatic heterocycles. The van der Waals surface area contributed by atoms with E-state index in [9.17, 15) is 0 Å². The van der Waals surface area contributed by atoms with E-state index in [0.29, 0.717) is 5.02 Å². The summed E-state index contributed by atoms with van der Waals surface area (Å²) < 4.78 is 0. The molecule has 16 heavy (non-hydrogen) atoms. The Kier molecular flexibility index (Phi) is 3.04. The van der Waals surface area contributed by atoms with Crippen molar-refractivity contribution >= 4 is 17.7 Å². The van der Waals surface area contributed by atoms with Crippen molar-refractivity contribution in [2.75, 3.05) is 0 Å². The van der Waals surface area contributed by atoms with Crippen LogP contribution in [-0.2, 0) is 0 Å². The fourth-order valence-electron chi connectivity index (χ4n) is 1.40. The number of nitriles is 1. The van der Waals surface area contributed by atoms with Crippen LogP contribution >= 0.6 is 11.6 Å². The van der Waals surface area contributed by atoms with E-state index >= 15 is 0 Å². The summed E-state index contributed by atoms with van der Waals surface area (Å²) in [5.74, 6) is 0. The first kappa shape index (κ1) is 10.5. The standard InChI is InChI=1S/C12H8ClN3/c13-11-5-3-9(4-6-11)12-10(2-1-7-14)8-15-16-12/h1-6,8H,(H,15,16). The predicted molar refractivity (Wildman–Crippen MR) is 63.7 cm³/mol. The van der Waals surface area contributed by atoms with Crippen molar-refractivity contribution in [1.82, 2.24) is 10.2 Å². The fourth-order valence-corrected chi connectivity index (χ4v) is 1.52. The first-order valence-electron chi connectivity index (χ1n) is 4.67. The summed E-state index contributed by atoms with van der Waals surface area (Å²) in [4.78, 5) is 0. The minimum atomic E-state index is 0.692. The summed E-state index contributed by atoms with van der Waals surface area (Å²) in [7, 11) is 0. The van der Waals surface area contributed by atoms with Crippen molar-refractivity contribution in [3.8, 4) is 17.3 Å². The lowest BCUT2D eigenvalue weighted by molar-refractivity contribution is 1.10. The summed E-state index contributed by atoms with van der Waals surface area (Å²) in [6.07, 6.45) is 4.81. The highest BCUT2D eigenvalue weighted by molar-refractivity contribution is 6.30. The second kappa shape index (κ2) is 4.65. The van der Waals surface area contributed by atoms with E-state index < -0.39 is 0 Å². The monoisotopic (exact) mass is 229 g/mol. The summed E-state index contributed by atoms with van der Waals surface area (Å²) in [6, 6.07) is 9.39. The molecule has 0 amide bonds. The molecule has 0 atom stereocenters. The Bertz CT molecular complexity index is 546. The summed E-state index contributed by atoms with van der Waals surface area (Å²) in [5.41, 5.74) is 2.74. The minimum Gasteiger partial charge on any atom is -0.277 e. The van der Waals surface area contributed by atoms with Crippen LogP contribution in [0.1, 0.15) is 5.56 Å². The van der Waals surface area contributed by atoms with Crippen molar-refractivity contribution in [2.24, 2.45) is 0 Å². The van der Waals surface area contributed by atoms with Gasteiger partial charge < -0.3 is 0 Å². The van der Waals surface area contributed by atoms with Gasteiger partial charge in [0.15, 0.2) is 0 Å². The molecule has 0 saturated heterocycles. The Morgan fingerprint density at radius 1 is 1.31 bits per heavy atom. The van der Waals surface area contributed by atoms with Crippen molar-refractivity contribution in [3.05, 3.63) is 47.1 Å². The molecule has 0 spiro atoms. The molecule has 2 aromatic rings. The number of nitrogens with one attached hydrogen (secondary N) is 1. The van der Waals surface area contributed by atoms with Crippen molar-refractivity contribution in [2.45, 2.75) is 0 Å². The maximum absolute atomic E-state index is 8.48. The Hall–Kier alpha value is -2.05. The third-order valence-electron chi connectivity index (χ3n) is 2.14. The number of rotatable bonds is 2. The van der Waals surface area contributed by atoms with Crippen LogP contribution in [0.15, 0.2) is 36.5 Å². The van der Waals surface area contributed by atoms with Gasteiger partial charge in [-0.15, -0.1) is 0 Å². The summed E-state index contributed by atoms with van der Waals surface area (Å²) >= 11 is 5.81. The number of H-pyrrole nitrogens is 1. The molecule has 0 aliphatic rings. The van der Waals surface area contributed by atoms with E-state index in [-0.39, 0.29) is 0 Å². The molecule has 78 valence electrons. The molecule has 3 nitrogen and oxygen atoms in total. The number of allylic oxidation sites excluding steroid dienone is 1. The second-order valence-corrected chi connectivity index (χ2v) is 3.61. The zero-order valence-corrected chi connectivity index (χ0v) is 9.07. The van der Waals surface area contributed by atoms with E-state index in [1.54, 1.807) is 12.3 Å². The molecular formula is C12H8ClN3. The molecule has 1 heterocycles. The van der Waals surface area contributed by atoms with Gasteiger partial charge >= 0.3 is 0 Å². The lowest BCUT2D eigenvalue weighted by Crippen LogP contribution is -1.80. The lowest BCUT2D eigenvalue weighted by Gasteiger charge is -1.99. The highest BCUT2D eigenvalue weighted by Gasteiger charge is 2.04. The van der Waals surface area contributed by atoms with Crippen LogP contribution in [0.3, 0.4) is 0 Å². The minimum absolute atomic E-state index is 0.692. The van der Waals surface area contributed by atoms with E-state index in [1.807, 2.05) is 30.3 Å². The topological polar surface area (TPSA) is 52.5 Å². The Morgan fingerprint density at radius 2 is 2.06 bits per heavy atom. The molecular weight excluding hydrogens is 222 g/mol. The average Bonchev–Trinajstić information content (AvgIpc) is 2.75. The SMILES string of the molecule is N#CC=Cc1cn[nH]c1-c1ccc(Cl)cc1. The number of halogens is 1. The molecule has 4 heteroatoms. The van der Waals surface area contributed by atoms with Gasteiger partial charge in [-0.2, -0.15) is 10.4 Å². The van der Waals surface area contributed by atoms with Crippen LogP contribution < -0.4 is 0 Å². The van der Waals surface area contributed by atoms with Gasteiger partial charge in [-0.05, 0) is 18.2 Å². The Morgan fingerprint density at radius 3 is 2.75 bits per heavy atom. The fraction of sp³-hybridized carbons (Fsp3) is 0. The molecule has 1 N–H and O–H groups in total. The number of benzene rings is 1. The van der Waals surface area contributed by atoms with Gasteiger partial charge in [0.2, 0.25) is 0 Å². The van der Waals surface area contributed by atoms with Gasteiger partial charge in [0.05, 0.1) is 18.0 Å². The number of hydrogen-bond donors (Lipinski definition) is 1. The molecule has 2 rings (SSSR count). The van der Waals surface area contributed by atoms with Gasteiger partial charge in [0, 0.05) is 22.2 Å². The smallest absolute Gasteiger partial charge is 0.0912 e. The van der Waals surface area contributed by atoms with Gasteiger partial charge in [-0.3, -0.25) is 5.10 Å². The molecule has 1 aromatic heterocycles. The van der Waals surface area contributed by atoms with Crippen LogP contribution in [0, 0.1) is 11.3 Å². The van der Waals surface area contributed by atoms with Crippen molar-refractivity contribution < 1.29 is 0 Å². The quantitative estimate of drug-likeness (QED) is 0.804. The van der Waals surface area contributed by atoms with Gasteiger partial charge in [0.1, 0.15) is 0 Å². The highest BCUT2D eigenvalue weighted by Crippen LogP contribution is 2.23. The third-order valence-corrected chi connectivity index (χ3v) is 2.39. The van der Waals surface area contributed by atoms with E-state index in [4.69, 9.17) is 16.9 Å². The zero-order chi connectivity index (χ0) is 11.4. The lowest BCUT2D eigenvalue weighted by atomic mass is 10.1. The maximum Gasteiger partial charge on any atom is 0.0912 e. The average molecular weight is 230 g/mol. The summed E-state index contributed by atoms with van der Waals surface area (Å²) in [5, 5.41) is 16.0. The maximum atomic E-state index is 8.48. The number of hydrogen-bond acceptors (Lipinski definition) is 2. The molecule has 0 radical (unpaired) electrons. The second-order valence-electron chi connectivity index (χ2n) is 3.17.